The van der Waals surface area contributed by atoms with Gasteiger partial charge in [-0.05, 0) is 42.0 Å². The smallest absolute Gasteiger partial charge is 0.200 e. The van der Waals surface area contributed by atoms with Gasteiger partial charge in [-0.2, -0.15) is 0 Å². The highest BCUT2D eigenvalue weighted by molar-refractivity contribution is 8.04. The normalized spacial score (nSPS) is 15.5. The third-order valence-electron chi connectivity index (χ3n) is 3.04. The highest BCUT2D eigenvalue weighted by atomic mass is 35.5. The molecule has 1 aliphatic rings. The number of halogens is 1. The molecular weight excluding hydrogens is 292 g/mol. The van der Waals surface area contributed by atoms with Crippen molar-refractivity contribution in [1.29, 1.82) is 0 Å². The molecule has 0 N–H and O–H groups in total. The minimum atomic E-state index is 0.0580. The first-order chi connectivity index (χ1) is 9.67. The van der Waals surface area contributed by atoms with Gasteiger partial charge in [0.05, 0.1) is 12.0 Å². The monoisotopic (exact) mass is 302 g/mol. The van der Waals surface area contributed by atoms with Crippen LogP contribution in [-0.4, -0.2) is 12.9 Å². The maximum Gasteiger partial charge on any atom is 0.200 e. The number of hydrogen-bond donors (Lipinski definition) is 0. The average molecular weight is 303 g/mol. The van der Waals surface area contributed by atoms with E-state index >= 15 is 0 Å². The van der Waals surface area contributed by atoms with Crippen molar-refractivity contribution < 1.29 is 9.53 Å². The number of thioether (sulfide) groups is 1. The van der Waals surface area contributed by atoms with Crippen LogP contribution in [0.2, 0.25) is 5.02 Å². The zero-order valence-corrected chi connectivity index (χ0v) is 12.3. The predicted molar refractivity (Wildman–Crippen MR) is 82.6 cm³/mol. The predicted octanol–water partition coefficient (Wildman–Crippen LogP) is 4.68. The Kier molecular flexibility index (Phi) is 3.55. The molecule has 0 spiro atoms. The topological polar surface area (TPSA) is 26.3 Å². The van der Waals surface area contributed by atoms with Crippen LogP contribution in [0.3, 0.4) is 0 Å². The summed E-state index contributed by atoms with van der Waals surface area (Å²) in [5.41, 5.74) is 1.70. The lowest BCUT2D eigenvalue weighted by molar-refractivity contribution is 0.104. The summed E-state index contributed by atoms with van der Waals surface area (Å²) in [5.74, 6) is 0.819. The van der Waals surface area contributed by atoms with Crippen molar-refractivity contribution in [3.05, 3.63) is 63.5 Å². The van der Waals surface area contributed by atoms with E-state index < -0.39 is 0 Å². The number of allylic oxidation sites excluding steroid dienone is 1. The molecule has 0 saturated heterocycles. The molecule has 20 heavy (non-hydrogen) atoms. The van der Waals surface area contributed by atoms with E-state index in [0.717, 1.165) is 26.7 Å². The van der Waals surface area contributed by atoms with Gasteiger partial charge in [0.15, 0.2) is 0 Å². The van der Waals surface area contributed by atoms with Crippen molar-refractivity contribution >= 4 is 35.2 Å². The maximum absolute atomic E-state index is 12.3. The van der Waals surface area contributed by atoms with Gasteiger partial charge in [-0.1, -0.05) is 35.5 Å². The molecule has 0 aliphatic carbocycles. The molecule has 0 aromatic heterocycles. The minimum absolute atomic E-state index is 0.0580. The Morgan fingerprint density at radius 1 is 1.15 bits per heavy atom. The van der Waals surface area contributed by atoms with Gasteiger partial charge in [0.2, 0.25) is 5.78 Å². The molecule has 100 valence electrons. The first-order valence-corrected chi connectivity index (χ1v) is 7.24. The van der Waals surface area contributed by atoms with E-state index in [-0.39, 0.29) is 5.78 Å². The van der Waals surface area contributed by atoms with Gasteiger partial charge in [-0.3, -0.25) is 4.79 Å². The number of hydrogen-bond acceptors (Lipinski definition) is 3. The molecule has 1 aliphatic heterocycles. The van der Waals surface area contributed by atoms with Gasteiger partial charge in [0, 0.05) is 15.5 Å². The van der Waals surface area contributed by atoms with Crippen LogP contribution in [0.1, 0.15) is 15.9 Å². The first kappa shape index (κ1) is 13.3. The van der Waals surface area contributed by atoms with Crippen LogP contribution in [-0.2, 0) is 0 Å². The molecule has 3 rings (SSSR count). The lowest BCUT2D eigenvalue weighted by Gasteiger charge is -2.00. The number of carbonyl (C=O) groups is 1. The Morgan fingerprint density at radius 3 is 2.60 bits per heavy atom. The summed E-state index contributed by atoms with van der Waals surface area (Å²) < 4.78 is 5.18. The highest BCUT2D eigenvalue weighted by Crippen LogP contribution is 2.42. The zero-order chi connectivity index (χ0) is 14.1. The van der Waals surface area contributed by atoms with Gasteiger partial charge < -0.3 is 4.74 Å². The molecular formula is C16H11ClO2S. The maximum atomic E-state index is 12.3. The van der Waals surface area contributed by atoms with Crippen molar-refractivity contribution in [2.45, 2.75) is 4.90 Å². The Morgan fingerprint density at radius 2 is 1.90 bits per heavy atom. The summed E-state index contributed by atoms with van der Waals surface area (Å²) in [6.45, 7) is 0. The molecule has 4 heteroatoms. The standard InChI is InChI=1S/C16H11ClO2S/c1-19-12-6-7-13-14(9-12)20-15(16(13)18)8-10-2-4-11(17)5-3-10/h2-9H,1H3. The SMILES string of the molecule is COc1ccc2c(c1)SC(=Cc1ccc(Cl)cc1)C2=O. The van der Waals surface area contributed by atoms with Crippen LogP contribution in [0.5, 0.6) is 5.75 Å². The second kappa shape index (κ2) is 5.35. The van der Waals surface area contributed by atoms with Gasteiger partial charge >= 0.3 is 0 Å². The minimum Gasteiger partial charge on any atom is -0.497 e. The number of rotatable bonds is 2. The lowest BCUT2D eigenvalue weighted by Crippen LogP contribution is -1.94. The summed E-state index contributed by atoms with van der Waals surface area (Å²) in [7, 11) is 1.62. The molecule has 0 atom stereocenters. The largest absolute Gasteiger partial charge is 0.497 e. The van der Waals surface area contributed by atoms with Crippen molar-refractivity contribution in [3.63, 3.8) is 0 Å². The highest BCUT2D eigenvalue weighted by Gasteiger charge is 2.26. The van der Waals surface area contributed by atoms with E-state index in [1.54, 1.807) is 7.11 Å². The van der Waals surface area contributed by atoms with Gasteiger partial charge in [-0.25, -0.2) is 0 Å². The molecule has 2 nitrogen and oxygen atoms in total. The molecule has 0 amide bonds. The Bertz CT molecular complexity index is 705. The molecule has 0 fully saturated rings. The number of benzene rings is 2. The third-order valence-corrected chi connectivity index (χ3v) is 4.38. The van der Waals surface area contributed by atoms with E-state index in [2.05, 4.69) is 0 Å². The summed E-state index contributed by atoms with van der Waals surface area (Å²) in [4.78, 5) is 14.0. The second-order valence-electron chi connectivity index (χ2n) is 4.35. The Balaban J connectivity index is 1.94. The number of fused-ring (bicyclic) bond motifs is 1. The van der Waals surface area contributed by atoms with Crippen LogP contribution >= 0.6 is 23.4 Å². The van der Waals surface area contributed by atoms with Gasteiger partial charge in [-0.15, -0.1) is 0 Å². The molecule has 1 heterocycles. The Hall–Kier alpha value is -1.71. The summed E-state index contributed by atoms with van der Waals surface area (Å²) in [6, 6.07) is 12.9. The van der Waals surface area contributed by atoms with E-state index in [1.807, 2.05) is 48.5 Å². The number of ketones is 1. The molecule has 0 unspecified atom stereocenters. The summed E-state index contributed by atoms with van der Waals surface area (Å²) >= 11 is 7.33. The fraction of sp³-hybridized carbons (Fsp3) is 0.0625. The van der Waals surface area contributed by atoms with Crippen LogP contribution in [0.15, 0.2) is 52.3 Å². The lowest BCUT2D eigenvalue weighted by atomic mass is 10.1. The fourth-order valence-corrected chi connectivity index (χ4v) is 3.21. The van der Waals surface area contributed by atoms with Gasteiger partial charge in [0.1, 0.15) is 5.75 Å². The number of ether oxygens (including phenoxy) is 1. The number of Topliss-reactive ketones (excluding diaryl/α,β-unsaturated/α-hetero) is 1. The van der Waals surface area contributed by atoms with E-state index in [1.165, 1.54) is 11.8 Å². The molecule has 2 aromatic rings. The second-order valence-corrected chi connectivity index (χ2v) is 5.87. The number of carbonyl (C=O) groups excluding carboxylic acids is 1. The van der Waals surface area contributed by atoms with Crippen molar-refractivity contribution in [1.82, 2.24) is 0 Å². The third kappa shape index (κ3) is 2.47. The first-order valence-electron chi connectivity index (χ1n) is 6.05. The quantitative estimate of drug-likeness (QED) is 0.754. The fourth-order valence-electron chi connectivity index (χ4n) is 2.00. The van der Waals surface area contributed by atoms with Crippen molar-refractivity contribution in [3.8, 4) is 5.75 Å². The van der Waals surface area contributed by atoms with Crippen LogP contribution in [0.4, 0.5) is 0 Å². The van der Waals surface area contributed by atoms with Crippen molar-refractivity contribution in [2.24, 2.45) is 0 Å². The van der Waals surface area contributed by atoms with E-state index in [9.17, 15) is 4.79 Å². The summed E-state index contributed by atoms with van der Waals surface area (Å²) in [6.07, 6.45) is 1.88. The molecule has 0 radical (unpaired) electrons. The number of methoxy groups -OCH3 is 1. The molecule has 0 bridgehead atoms. The summed E-state index contributed by atoms with van der Waals surface area (Å²) in [5, 5.41) is 0.686. The Labute approximate surface area is 126 Å². The van der Waals surface area contributed by atoms with E-state index in [4.69, 9.17) is 16.3 Å². The molecule has 0 saturated carbocycles. The molecule has 2 aromatic carbocycles. The van der Waals surface area contributed by atoms with E-state index in [0.29, 0.717) is 5.02 Å². The van der Waals surface area contributed by atoms with Crippen molar-refractivity contribution in [2.75, 3.05) is 7.11 Å². The van der Waals surface area contributed by atoms with Crippen LogP contribution in [0, 0.1) is 0 Å². The van der Waals surface area contributed by atoms with Crippen LogP contribution < -0.4 is 4.74 Å². The van der Waals surface area contributed by atoms with Gasteiger partial charge in [0.25, 0.3) is 0 Å². The van der Waals surface area contributed by atoms with Crippen LogP contribution in [0.25, 0.3) is 6.08 Å². The average Bonchev–Trinajstić information content (AvgIpc) is 2.77. The zero-order valence-electron chi connectivity index (χ0n) is 10.7.